The Morgan fingerprint density at radius 2 is 2.27 bits per heavy atom. The van der Waals surface area contributed by atoms with Gasteiger partial charge in [-0.3, -0.25) is 0 Å². The summed E-state index contributed by atoms with van der Waals surface area (Å²) in [6.45, 7) is 0. The Hall–Kier alpha value is -0.730. The van der Waals surface area contributed by atoms with Crippen molar-refractivity contribution in [3.63, 3.8) is 0 Å². The largest absolute Gasteiger partial charge is 0.475 e. The van der Waals surface area contributed by atoms with Gasteiger partial charge in [0.25, 0.3) is 11.7 Å². The van der Waals surface area contributed by atoms with E-state index in [-0.39, 0.29) is 11.7 Å². The van der Waals surface area contributed by atoms with Gasteiger partial charge in [0.1, 0.15) is 0 Å². The van der Waals surface area contributed by atoms with E-state index in [2.05, 4.69) is 42.0 Å². The van der Waals surface area contributed by atoms with Gasteiger partial charge in [-0.05, 0) is 43.1 Å². The zero-order valence-electron chi connectivity index (χ0n) is 6.90. The Kier molecular flexibility index (Phi) is 2.89. The zero-order chi connectivity index (χ0) is 11.0. The lowest BCUT2D eigenvalue weighted by atomic mass is 10.3. The summed E-state index contributed by atoms with van der Waals surface area (Å²) in [4.78, 5) is 14.3. The predicted molar refractivity (Wildman–Crippen MR) is 60.0 cm³/mol. The van der Waals surface area contributed by atoms with Crippen LogP contribution in [0.5, 0.6) is 0 Å². The van der Waals surface area contributed by atoms with Crippen molar-refractivity contribution < 1.29 is 14.4 Å². The monoisotopic (exact) mass is 352 g/mol. The molecule has 0 unspecified atom stereocenters. The van der Waals surface area contributed by atoms with E-state index in [4.69, 9.17) is 9.63 Å². The van der Waals surface area contributed by atoms with Gasteiger partial charge in [-0.25, -0.2) is 4.79 Å². The third kappa shape index (κ3) is 2.11. The summed E-state index contributed by atoms with van der Waals surface area (Å²) >= 11 is 8.05. The fourth-order valence-corrected chi connectivity index (χ4v) is 3.68. The first-order valence-electron chi connectivity index (χ1n) is 3.60. The average Bonchev–Trinajstić information content (AvgIpc) is 2.71. The third-order valence-corrected chi connectivity index (χ3v) is 3.84. The maximum absolute atomic E-state index is 10.5. The first-order chi connectivity index (χ1) is 7.08. The first kappa shape index (κ1) is 10.8. The highest BCUT2D eigenvalue weighted by atomic mass is 79.9. The van der Waals surface area contributed by atoms with Gasteiger partial charge in [0.05, 0.1) is 13.1 Å². The molecular weight excluding hydrogens is 352 g/mol. The van der Waals surface area contributed by atoms with Gasteiger partial charge >= 0.3 is 5.97 Å². The number of hydrogen-bond donors (Lipinski definition) is 1. The molecule has 2 heterocycles. The lowest BCUT2D eigenvalue weighted by molar-refractivity contribution is 0.0680. The van der Waals surface area contributed by atoms with Gasteiger partial charge in [0, 0.05) is 0 Å². The Labute approximate surface area is 104 Å². The minimum Gasteiger partial charge on any atom is -0.475 e. The fraction of sp³-hybridized carbons (Fsp3) is 0. The number of aromatic carboxylic acids is 1. The van der Waals surface area contributed by atoms with Crippen LogP contribution in [0.1, 0.15) is 10.6 Å². The smallest absolute Gasteiger partial charge is 0.377 e. The van der Waals surface area contributed by atoms with E-state index >= 15 is 0 Å². The highest BCUT2D eigenvalue weighted by molar-refractivity contribution is 9.12. The van der Waals surface area contributed by atoms with Gasteiger partial charge in [0.15, 0.2) is 0 Å². The molecule has 0 aliphatic heterocycles. The van der Waals surface area contributed by atoms with Crippen LogP contribution in [0, 0.1) is 0 Å². The van der Waals surface area contributed by atoms with Crippen molar-refractivity contribution in [3.05, 3.63) is 19.5 Å². The molecule has 0 bridgehead atoms. The van der Waals surface area contributed by atoms with Crippen LogP contribution in [0.15, 0.2) is 18.2 Å². The molecule has 1 N–H and O–H groups in total. The van der Waals surface area contributed by atoms with Crippen molar-refractivity contribution >= 4 is 49.2 Å². The predicted octanol–water partition coefficient (Wildman–Crippen LogP) is 3.02. The van der Waals surface area contributed by atoms with Crippen LogP contribution in [0.2, 0.25) is 0 Å². The maximum atomic E-state index is 10.5. The summed E-state index contributed by atoms with van der Waals surface area (Å²) < 4.78 is 6.51. The summed E-state index contributed by atoms with van der Waals surface area (Å²) in [6.07, 6.45) is 0. The molecule has 0 saturated heterocycles. The van der Waals surface area contributed by atoms with E-state index in [0.29, 0.717) is 5.56 Å². The number of nitrogens with zero attached hydrogens (tertiary/aromatic N) is 2. The molecule has 2 aromatic heterocycles. The Morgan fingerprint density at radius 3 is 2.73 bits per heavy atom. The van der Waals surface area contributed by atoms with E-state index in [1.807, 2.05) is 0 Å². The summed E-state index contributed by atoms with van der Waals surface area (Å²) in [7, 11) is 0. The molecule has 5 nitrogen and oxygen atoms in total. The Morgan fingerprint density at radius 1 is 1.53 bits per heavy atom. The topological polar surface area (TPSA) is 76.2 Å². The average molecular weight is 354 g/mol. The highest BCUT2D eigenvalue weighted by Gasteiger charge is 2.17. The summed E-state index contributed by atoms with van der Waals surface area (Å²) in [5.74, 6) is -1.38. The number of carbonyl (C=O) groups is 1. The van der Waals surface area contributed by atoms with Crippen molar-refractivity contribution in [1.82, 2.24) is 10.1 Å². The van der Waals surface area contributed by atoms with Crippen molar-refractivity contribution in [2.75, 3.05) is 0 Å². The van der Waals surface area contributed by atoms with Crippen molar-refractivity contribution in [2.45, 2.75) is 0 Å². The van der Waals surface area contributed by atoms with Crippen molar-refractivity contribution in [2.24, 2.45) is 0 Å². The number of thiophene rings is 1. The van der Waals surface area contributed by atoms with Crippen LogP contribution < -0.4 is 0 Å². The molecule has 2 rings (SSSR count). The lowest BCUT2D eigenvalue weighted by Crippen LogP contribution is -1.98. The molecular formula is C7H2Br2N2O3S. The molecule has 0 saturated carbocycles. The highest BCUT2D eigenvalue weighted by Crippen LogP contribution is 2.37. The summed E-state index contributed by atoms with van der Waals surface area (Å²) in [5.41, 5.74) is 0.673. The number of hydrogen-bond acceptors (Lipinski definition) is 5. The molecule has 0 radical (unpaired) electrons. The minimum absolute atomic E-state index is 0.182. The SMILES string of the molecule is O=C(O)c1noc(-c2cc(Br)sc2Br)n1. The molecule has 0 atom stereocenters. The van der Waals surface area contributed by atoms with Gasteiger partial charge < -0.3 is 9.63 Å². The lowest BCUT2D eigenvalue weighted by Gasteiger charge is -1.86. The maximum Gasteiger partial charge on any atom is 0.377 e. The second-order valence-electron chi connectivity index (χ2n) is 2.47. The number of rotatable bonds is 2. The minimum atomic E-state index is -1.21. The standard InChI is InChI=1S/C7H2Br2N2O3S/c8-3-1-2(4(9)15-3)6-10-5(7(12)13)11-14-6/h1H,(H,12,13). The van der Waals surface area contributed by atoms with E-state index in [1.165, 1.54) is 11.3 Å². The van der Waals surface area contributed by atoms with E-state index in [1.54, 1.807) is 6.07 Å². The van der Waals surface area contributed by atoms with E-state index < -0.39 is 5.97 Å². The summed E-state index contributed by atoms with van der Waals surface area (Å²) in [5, 5.41) is 11.9. The quantitative estimate of drug-likeness (QED) is 0.897. The molecule has 0 fully saturated rings. The molecule has 8 heteroatoms. The van der Waals surface area contributed by atoms with Crippen LogP contribution in [0.3, 0.4) is 0 Å². The zero-order valence-corrected chi connectivity index (χ0v) is 10.9. The Balaban J connectivity index is 2.45. The number of carboxylic acids is 1. The van der Waals surface area contributed by atoms with Crippen LogP contribution in [-0.4, -0.2) is 21.2 Å². The molecule has 0 aromatic carbocycles. The number of halogens is 2. The fourth-order valence-electron chi connectivity index (χ4n) is 0.906. The second kappa shape index (κ2) is 4.03. The normalized spacial score (nSPS) is 10.5. The van der Waals surface area contributed by atoms with Crippen LogP contribution in [-0.2, 0) is 0 Å². The number of aromatic nitrogens is 2. The molecule has 0 aliphatic carbocycles. The van der Waals surface area contributed by atoms with E-state index in [0.717, 1.165) is 7.57 Å². The molecule has 0 amide bonds. The van der Waals surface area contributed by atoms with Crippen molar-refractivity contribution in [3.8, 4) is 11.5 Å². The van der Waals surface area contributed by atoms with Gasteiger partial charge in [-0.15, -0.1) is 11.3 Å². The third-order valence-electron chi connectivity index (χ3n) is 1.50. The van der Waals surface area contributed by atoms with E-state index in [9.17, 15) is 4.79 Å². The molecule has 78 valence electrons. The van der Waals surface area contributed by atoms with Gasteiger partial charge in [0.2, 0.25) is 0 Å². The van der Waals surface area contributed by atoms with Crippen LogP contribution in [0.25, 0.3) is 11.5 Å². The second-order valence-corrected chi connectivity index (χ2v) is 6.22. The molecule has 0 aliphatic rings. The molecule has 0 spiro atoms. The Bertz CT molecular complexity index is 522. The van der Waals surface area contributed by atoms with Gasteiger partial charge in [-0.1, -0.05) is 0 Å². The first-order valence-corrected chi connectivity index (χ1v) is 6.00. The molecule has 15 heavy (non-hydrogen) atoms. The molecule has 2 aromatic rings. The van der Waals surface area contributed by atoms with Gasteiger partial charge in [-0.2, -0.15) is 4.98 Å². The van der Waals surface area contributed by atoms with Crippen LogP contribution in [0.4, 0.5) is 0 Å². The summed E-state index contributed by atoms with van der Waals surface area (Å²) in [6, 6.07) is 1.77. The number of carboxylic acid groups (broad SMARTS) is 1. The van der Waals surface area contributed by atoms with Crippen molar-refractivity contribution in [1.29, 1.82) is 0 Å². The van der Waals surface area contributed by atoms with Crippen LogP contribution >= 0.6 is 43.2 Å².